The van der Waals surface area contributed by atoms with Gasteiger partial charge >= 0.3 is 0 Å². The maximum atomic E-state index is 6.08. The molecule has 1 aromatic carbocycles. The molecule has 2 nitrogen and oxygen atoms in total. The van der Waals surface area contributed by atoms with Crippen LogP contribution in [0.25, 0.3) is 0 Å². The monoisotopic (exact) mass is 303 g/mol. The predicted octanol–water partition coefficient (Wildman–Crippen LogP) is 4.85. The number of hydrogen-bond donors (Lipinski definition) is 1. The maximum absolute atomic E-state index is 6.08. The van der Waals surface area contributed by atoms with Crippen LogP contribution in [0, 0.1) is 0 Å². The Labute approximate surface area is 126 Å². The van der Waals surface area contributed by atoms with E-state index in [9.17, 15) is 0 Å². The average molecular weight is 304 g/mol. The van der Waals surface area contributed by atoms with Crippen LogP contribution in [0.1, 0.15) is 45.7 Å². The summed E-state index contributed by atoms with van der Waals surface area (Å²) in [5.74, 6) is 0. The minimum atomic E-state index is -0.150. The molecular weight excluding hydrogens is 281 g/mol. The van der Waals surface area contributed by atoms with Crippen molar-refractivity contribution in [2.24, 2.45) is 0 Å². The second kappa shape index (κ2) is 7.49. The van der Waals surface area contributed by atoms with Crippen molar-refractivity contribution in [3.8, 4) is 0 Å². The Balaban J connectivity index is 2.79. The lowest BCUT2D eigenvalue weighted by molar-refractivity contribution is -0.0147. The zero-order valence-corrected chi connectivity index (χ0v) is 13.6. The molecule has 0 aromatic heterocycles. The van der Waals surface area contributed by atoms with Gasteiger partial charge in [0.1, 0.15) is 0 Å². The van der Waals surface area contributed by atoms with Crippen molar-refractivity contribution in [3.63, 3.8) is 0 Å². The highest BCUT2D eigenvalue weighted by Crippen LogP contribution is 2.26. The van der Waals surface area contributed by atoms with Crippen molar-refractivity contribution in [2.45, 2.75) is 45.8 Å². The van der Waals surface area contributed by atoms with Gasteiger partial charge in [-0.05, 0) is 51.4 Å². The summed E-state index contributed by atoms with van der Waals surface area (Å²) in [4.78, 5) is 0. The summed E-state index contributed by atoms with van der Waals surface area (Å²) in [6.07, 6.45) is 1.08. The van der Waals surface area contributed by atoms with Crippen molar-refractivity contribution in [2.75, 3.05) is 13.2 Å². The van der Waals surface area contributed by atoms with Crippen molar-refractivity contribution < 1.29 is 4.74 Å². The highest BCUT2D eigenvalue weighted by atomic mass is 35.5. The van der Waals surface area contributed by atoms with Gasteiger partial charge in [-0.3, -0.25) is 0 Å². The first kappa shape index (κ1) is 16.8. The number of halogens is 2. The number of rotatable bonds is 6. The van der Waals surface area contributed by atoms with Crippen LogP contribution in [0.2, 0.25) is 10.0 Å². The molecule has 1 atom stereocenters. The van der Waals surface area contributed by atoms with E-state index in [1.807, 2.05) is 18.2 Å². The molecule has 0 aliphatic rings. The fourth-order valence-corrected chi connectivity index (χ4v) is 1.96. The van der Waals surface area contributed by atoms with Crippen molar-refractivity contribution in [1.82, 2.24) is 5.32 Å². The van der Waals surface area contributed by atoms with Gasteiger partial charge in [0.05, 0.1) is 28.3 Å². The van der Waals surface area contributed by atoms with Gasteiger partial charge in [0.25, 0.3) is 0 Å². The molecule has 108 valence electrons. The smallest absolute Gasteiger partial charge is 0.0668 e. The standard InChI is InChI=1S/C15H23Cl2NO/c1-5-8-18-14(10-19-15(2,3)4)11-6-7-12(16)13(17)9-11/h6-7,9,14,18H,5,8,10H2,1-4H3. The van der Waals surface area contributed by atoms with E-state index >= 15 is 0 Å². The molecule has 19 heavy (non-hydrogen) atoms. The fourth-order valence-electron chi connectivity index (χ4n) is 1.65. The minimum Gasteiger partial charge on any atom is -0.374 e. The fraction of sp³-hybridized carbons (Fsp3) is 0.600. The second-order valence-corrected chi connectivity index (χ2v) is 6.42. The summed E-state index contributed by atoms with van der Waals surface area (Å²) in [7, 11) is 0. The Morgan fingerprint density at radius 3 is 2.42 bits per heavy atom. The largest absolute Gasteiger partial charge is 0.374 e. The van der Waals surface area contributed by atoms with Crippen LogP contribution in [0.15, 0.2) is 18.2 Å². The number of ether oxygens (including phenoxy) is 1. The molecule has 0 saturated carbocycles. The molecule has 0 radical (unpaired) electrons. The molecule has 0 spiro atoms. The average Bonchev–Trinajstić information content (AvgIpc) is 2.32. The van der Waals surface area contributed by atoms with Gasteiger partial charge in [0.2, 0.25) is 0 Å². The molecule has 1 aromatic rings. The Kier molecular flexibility index (Phi) is 6.61. The molecule has 0 amide bonds. The van der Waals surface area contributed by atoms with Gasteiger partial charge < -0.3 is 10.1 Å². The Hall–Kier alpha value is -0.280. The molecule has 0 bridgehead atoms. The Bertz CT molecular complexity index is 402. The molecular formula is C15H23Cl2NO. The summed E-state index contributed by atoms with van der Waals surface area (Å²) in [6.45, 7) is 9.86. The predicted molar refractivity (Wildman–Crippen MR) is 83.2 cm³/mol. The summed E-state index contributed by atoms with van der Waals surface area (Å²) >= 11 is 12.0. The van der Waals surface area contributed by atoms with Crippen LogP contribution >= 0.6 is 23.2 Å². The Morgan fingerprint density at radius 1 is 1.21 bits per heavy atom. The van der Waals surface area contributed by atoms with Gasteiger partial charge in [-0.1, -0.05) is 36.2 Å². The van der Waals surface area contributed by atoms with Gasteiger partial charge in [-0.2, -0.15) is 0 Å². The third kappa shape index (κ3) is 6.13. The number of hydrogen-bond acceptors (Lipinski definition) is 2. The molecule has 0 aliphatic carbocycles. The summed E-state index contributed by atoms with van der Waals surface area (Å²) in [5.41, 5.74) is 0.953. The third-order valence-corrected chi connectivity index (χ3v) is 3.41. The molecule has 0 aliphatic heterocycles. The lowest BCUT2D eigenvalue weighted by Crippen LogP contribution is -2.30. The van der Waals surface area contributed by atoms with E-state index in [0.29, 0.717) is 16.7 Å². The maximum Gasteiger partial charge on any atom is 0.0668 e. The van der Waals surface area contributed by atoms with Gasteiger partial charge in [-0.25, -0.2) is 0 Å². The summed E-state index contributed by atoms with van der Waals surface area (Å²) in [6, 6.07) is 5.86. The molecule has 0 fully saturated rings. The molecule has 4 heteroatoms. The van der Waals surface area contributed by atoms with Crippen LogP contribution in [0.4, 0.5) is 0 Å². The van der Waals surface area contributed by atoms with Crippen LogP contribution in [0.5, 0.6) is 0 Å². The van der Waals surface area contributed by atoms with Crippen molar-refractivity contribution in [3.05, 3.63) is 33.8 Å². The lowest BCUT2D eigenvalue weighted by Gasteiger charge is -2.25. The van der Waals surface area contributed by atoms with Gasteiger partial charge in [-0.15, -0.1) is 0 Å². The first-order chi connectivity index (χ1) is 8.83. The molecule has 1 N–H and O–H groups in total. The minimum absolute atomic E-state index is 0.133. The summed E-state index contributed by atoms with van der Waals surface area (Å²) in [5, 5.41) is 4.64. The molecule has 0 heterocycles. The van der Waals surface area contributed by atoms with E-state index in [4.69, 9.17) is 27.9 Å². The van der Waals surface area contributed by atoms with E-state index in [-0.39, 0.29) is 11.6 Å². The topological polar surface area (TPSA) is 21.3 Å². The van der Waals surface area contributed by atoms with Gasteiger partial charge in [0.15, 0.2) is 0 Å². The molecule has 0 saturated heterocycles. The summed E-state index contributed by atoms with van der Waals surface area (Å²) < 4.78 is 5.87. The molecule has 1 unspecified atom stereocenters. The van der Waals surface area contributed by atoms with E-state index in [1.165, 1.54) is 0 Å². The van der Waals surface area contributed by atoms with Crippen molar-refractivity contribution >= 4 is 23.2 Å². The zero-order chi connectivity index (χ0) is 14.5. The first-order valence-corrected chi connectivity index (χ1v) is 7.41. The first-order valence-electron chi connectivity index (χ1n) is 6.66. The quantitative estimate of drug-likeness (QED) is 0.811. The van der Waals surface area contributed by atoms with E-state index in [2.05, 4.69) is 33.0 Å². The van der Waals surface area contributed by atoms with E-state index < -0.39 is 0 Å². The third-order valence-electron chi connectivity index (χ3n) is 2.67. The highest BCUT2D eigenvalue weighted by molar-refractivity contribution is 6.42. The second-order valence-electron chi connectivity index (χ2n) is 5.60. The number of nitrogens with one attached hydrogen (secondary N) is 1. The zero-order valence-electron chi connectivity index (χ0n) is 12.1. The van der Waals surface area contributed by atoms with Crippen LogP contribution in [0.3, 0.4) is 0 Å². The van der Waals surface area contributed by atoms with Crippen LogP contribution < -0.4 is 5.32 Å². The Morgan fingerprint density at radius 2 is 1.89 bits per heavy atom. The van der Waals surface area contributed by atoms with Crippen LogP contribution in [-0.4, -0.2) is 18.8 Å². The van der Waals surface area contributed by atoms with Gasteiger partial charge in [0, 0.05) is 0 Å². The van der Waals surface area contributed by atoms with Crippen LogP contribution in [-0.2, 0) is 4.74 Å². The molecule has 1 rings (SSSR count). The highest BCUT2D eigenvalue weighted by Gasteiger charge is 2.17. The van der Waals surface area contributed by atoms with E-state index in [1.54, 1.807) is 0 Å². The lowest BCUT2D eigenvalue weighted by atomic mass is 10.1. The van der Waals surface area contributed by atoms with Crippen molar-refractivity contribution in [1.29, 1.82) is 0 Å². The van der Waals surface area contributed by atoms with E-state index in [0.717, 1.165) is 18.5 Å². The normalized spacial score (nSPS) is 13.6. The SMILES string of the molecule is CCCNC(COC(C)(C)C)c1ccc(Cl)c(Cl)c1. The number of benzene rings is 1.